The van der Waals surface area contributed by atoms with Gasteiger partial charge in [0.15, 0.2) is 0 Å². The molecule has 0 unspecified atom stereocenters. The van der Waals surface area contributed by atoms with Crippen LogP contribution in [0, 0.1) is 31.0 Å². The monoisotopic (exact) mass is 418 g/mol. The summed E-state index contributed by atoms with van der Waals surface area (Å²) in [7, 11) is -3.85. The first-order valence-corrected chi connectivity index (χ1v) is 9.39. The van der Waals surface area contributed by atoms with Gasteiger partial charge in [-0.25, -0.2) is 12.8 Å². The van der Waals surface area contributed by atoms with Gasteiger partial charge in [-0.1, -0.05) is 0 Å². The van der Waals surface area contributed by atoms with Crippen LogP contribution in [0.15, 0.2) is 16.9 Å². The number of halogens is 4. The maximum atomic E-state index is 14.4. The number of hydrogen-bond donors (Lipinski definition) is 1. The zero-order chi connectivity index (χ0) is 21.4. The highest BCUT2D eigenvalue weighted by Crippen LogP contribution is 2.32. The van der Waals surface area contributed by atoms with Gasteiger partial charge in [0.2, 0.25) is 10.0 Å². The van der Waals surface area contributed by atoms with Crippen LogP contribution < -0.4 is 10.3 Å². The van der Waals surface area contributed by atoms with Crippen molar-refractivity contribution in [2.45, 2.75) is 26.9 Å². The topological polar surface area (TPSA) is 105 Å². The number of anilines is 1. The third kappa shape index (κ3) is 3.99. The highest BCUT2D eigenvalue weighted by Gasteiger charge is 2.37. The van der Waals surface area contributed by atoms with E-state index >= 15 is 0 Å². The van der Waals surface area contributed by atoms with Crippen molar-refractivity contribution in [3.05, 3.63) is 50.7 Å². The fourth-order valence-corrected chi connectivity index (χ4v) is 3.15. The number of rotatable bonds is 4. The van der Waals surface area contributed by atoms with Crippen molar-refractivity contribution >= 4 is 15.7 Å². The lowest BCUT2D eigenvalue weighted by Gasteiger charge is -2.16. The van der Waals surface area contributed by atoms with Gasteiger partial charge in [-0.15, -0.1) is 0 Å². The van der Waals surface area contributed by atoms with Gasteiger partial charge in [-0.2, -0.15) is 28.2 Å². The summed E-state index contributed by atoms with van der Waals surface area (Å²) < 4.78 is 79.8. The lowest BCUT2D eigenvalue weighted by molar-refractivity contribution is -0.139. The van der Waals surface area contributed by atoms with Crippen molar-refractivity contribution in [2.24, 2.45) is 0 Å². The molecule has 0 fully saturated rings. The molecule has 0 aliphatic carbocycles. The maximum absolute atomic E-state index is 14.4. The van der Waals surface area contributed by atoms with Crippen molar-refractivity contribution in [3.63, 3.8) is 0 Å². The standard InChI is InChI=1S/C16H14F4N4O3S/c1-4-28(26,27)23-12-6-13(11(17)5-10(12)7-21)24-15(25)8(2)14(9(3)22-24)16(18,19)20/h5-6,23H,4H2,1-3H3. The third-order valence-corrected chi connectivity index (χ3v) is 5.16. The van der Waals surface area contributed by atoms with Crippen LogP contribution in [0.1, 0.15) is 29.3 Å². The summed E-state index contributed by atoms with van der Waals surface area (Å²) in [5.74, 6) is -1.48. The zero-order valence-corrected chi connectivity index (χ0v) is 15.7. The van der Waals surface area contributed by atoms with Crippen LogP contribution in [0.2, 0.25) is 0 Å². The van der Waals surface area contributed by atoms with E-state index in [-0.39, 0.29) is 17.0 Å². The van der Waals surface area contributed by atoms with Crippen molar-refractivity contribution in [1.82, 2.24) is 9.78 Å². The van der Waals surface area contributed by atoms with Crippen molar-refractivity contribution in [1.29, 1.82) is 5.26 Å². The van der Waals surface area contributed by atoms with E-state index in [0.717, 1.165) is 19.9 Å². The van der Waals surface area contributed by atoms with Gasteiger partial charge in [-0.3, -0.25) is 9.52 Å². The highest BCUT2D eigenvalue weighted by atomic mass is 32.2. The molecule has 0 atom stereocenters. The smallest absolute Gasteiger partial charge is 0.282 e. The van der Waals surface area contributed by atoms with E-state index in [0.29, 0.717) is 10.7 Å². The van der Waals surface area contributed by atoms with Gasteiger partial charge < -0.3 is 0 Å². The largest absolute Gasteiger partial charge is 0.418 e. The van der Waals surface area contributed by atoms with Crippen LogP contribution in [0.5, 0.6) is 0 Å². The summed E-state index contributed by atoms with van der Waals surface area (Å²) in [4.78, 5) is 12.4. The summed E-state index contributed by atoms with van der Waals surface area (Å²) in [6.07, 6.45) is -4.83. The number of aryl methyl sites for hydroxylation is 1. The molecular weight excluding hydrogens is 404 g/mol. The summed E-state index contributed by atoms with van der Waals surface area (Å²) in [6.45, 7) is 3.26. The fourth-order valence-electron chi connectivity index (χ4n) is 2.50. The number of alkyl halides is 3. The Morgan fingerprint density at radius 3 is 2.39 bits per heavy atom. The molecule has 0 aliphatic rings. The van der Waals surface area contributed by atoms with Gasteiger partial charge in [0.05, 0.1) is 28.3 Å². The third-order valence-electron chi connectivity index (χ3n) is 3.86. The van der Waals surface area contributed by atoms with Crippen LogP contribution in [0.25, 0.3) is 5.69 Å². The normalized spacial score (nSPS) is 11.9. The average Bonchev–Trinajstić information content (AvgIpc) is 2.58. The van der Waals surface area contributed by atoms with E-state index in [4.69, 9.17) is 5.26 Å². The number of nitriles is 1. The lowest BCUT2D eigenvalue weighted by Crippen LogP contribution is -2.30. The van der Waals surface area contributed by atoms with Gasteiger partial charge in [0.25, 0.3) is 5.56 Å². The summed E-state index contributed by atoms with van der Waals surface area (Å²) in [6, 6.07) is 3.11. The molecule has 0 saturated heterocycles. The van der Waals surface area contributed by atoms with Gasteiger partial charge in [0.1, 0.15) is 17.6 Å². The molecule has 1 heterocycles. The van der Waals surface area contributed by atoms with Gasteiger partial charge >= 0.3 is 6.18 Å². The van der Waals surface area contributed by atoms with E-state index in [1.54, 1.807) is 6.07 Å². The average molecular weight is 418 g/mol. The number of hydrogen-bond acceptors (Lipinski definition) is 5. The molecule has 0 bridgehead atoms. The number of aromatic nitrogens is 2. The highest BCUT2D eigenvalue weighted by molar-refractivity contribution is 7.92. The molecule has 28 heavy (non-hydrogen) atoms. The molecule has 12 heteroatoms. The minimum atomic E-state index is -4.83. The van der Waals surface area contributed by atoms with Crippen LogP contribution in [-0.4, -0.2) is 24.0 Å². The minimum Gasteiger partial charge on any atom is -0.282 e. The number of benzene rings is 1. The Labute approximate surface area is 157 Å². The van der Waals surface area contributed by atoms with Crippen molar-refractivity contribution < 1.29 is 26.0 Å². The predicted molar refractivity (Wildman–Crippen MR) is 92.1 cm³/mol. The number of sulfonamides is 1. The second-order valence-corrected chi connectivity index (χ2v) is 7.78. The first-order valence-electron chi connectivity index (χ1n) is 7.74. The zero-order valence-electron chi connectivity index (χ0n) is 14.8. The van der Waals surface area contributed by atoms with E-state index in [1.165, 1.54) is 6.92 Å². The molecule has 7 nitrogen and oxygen atoms in total. The molecule has 0 radical (unpaired) electrons. The number of nitrogens with one attached hydrogen (secondary N) is 1. The molecule has 1 N–H and O–H groups in total. The second-order valence-electron chi connectivity index (χ2n) is 5.77. The molecule has 0 saturated carbocycles. The molecule has 150 valence electrons. The Balaban J connectivity index is 2.80. The van der Waals surface area contributed by atoms with Gasteiger partial charge in [-0.05, 0) is 32.9 Å². The molecule has 1 aromatic heterocycles. The molecule has 0 aliphatic heterocycles. The molecular formula is C16H14F4N4O3S. The van der Waals surface area contributed by atoms with Crippen LogP contribution >= 0.6 is 0 Å². The first-order chi connectivity index (χ1) is 12.8. The van der Waals surface area contributed by atoms with E-state index in [1.807, 2.05) is 0 Å². The van der Waals surface area contributed by atoms with Crippen LogP contribution in [0.3, 0.4) is 0 Å². The summed E-state index contributed by atoms with van der Waals surface area (Å²) >= 11 is 0. The van der Waals surface area contributed by atoms with Crippen molar-refractivity contribution in [3.8, 4) is 11.8 Å². The first kappa shape index (κ1) is 21.4. The van der Waals surface area contributed by atoms with Gasteiger partial charge in [0, 0.05) is 5.56 Å². The minimum absolute atomic E-state index is 0.329. The molecule has 1 aromatic carbocycles. The number of nitrogens with zero attached hydrogens (tertiary/aromatic N) is 3. The summed E-state index contributed by atoms with van der Waals surface area (Å²) in [5, 5.41) is 12.6. The molecule has 2 rings (SSSR count). The lowest BCUT2D eigenvalue weighted by atomic mass is 10.1. The Hall–Kier alpha value is -2.94. The maximum Gasteiger partial charge on any atom is 0.418 e. The quantitative estimate of drug-likeness (QED) is 0.769. The molecule has 2 aromatic rings. The van der Waals surface area contributed by atoms with E-state index in [9.17, 15) is 30.8 Å². The Morgan fingerprint density at radius 1 is 1.29 bits per heavy atom. The van der Waals surface area contributed by atoms with E-state index in [2.05, 4.69) is 9.82 Å². The molecule has 0 amide bonds. The summed E-state index contributed by atoms with van der Waals surface area (Å²) in [5.41, 5.74) is -5.02. The predicted octanol–water partition coefficient (Wildman–Crippen LogP) is 2.64. The Morgan fingerprint density at radius 2 is 1.89 bits per heavy atom. The fraction of sp³-hybridized carbons (Fsp3) is 0.312. The van der Waals surface area contributed by atoms with Crippen molar-refractivity contribution in [2.75, 3.05) is 10.5 Å². The second kappa shape index (κ2) is 7.23. The van der Waals surface area contributed by atoms with Crippen LogP contribution in [0.4, 0.5) is 23.2 Å². The van der Waals surface area contributed by atoms with Crippen LogP contribution in [-0.2, 0) is 16.2 Å². The Kier molecular flexibility index (Phi) is 5.52. The van der Waals surface area contributed by atoms with E-state index < -0.39 is 50.1 Å². The molecule has 0 spiro atoms. The Bertz CT molecular complexity index is 1150. The SMILES string of the molecule is CCS(=O)(=O)Nc1cc(-n2nc(C)c(C(F)(F)F)c(C)c2=O)c(F)cc1C#N.